The molecule has 0 N–H and O–H groups in total. The second kappa shape index (κ2) is 9.20. The Hall–Kier alpha value is -3.35. The molecular formula is C24H26FN5O. The van der Waals surface area contributed by atoms with Gasteiger partial charge < -0.3 is 9.80 Å². The quantitative estimate of drug-likeness (QED) is 0.631. The van der Waals surface area contributed by atoms with Crippen LogP contribution >= 0.6 is 0 Å². The maximum absolute atomic E-state index is 14.0. The third kappa shape index (κ3) is 4.87. The van der Waals surface area contributed by atoms with E-state index in [0.717, 1.165) is 29.9 Å². The van der Waals surface area contributed by atoms with Crippen LogP contribution in [0.4, 0.5) is 10.2 Å². The number of rotatable bonds is 5. The van der Waals surface area contributed by atoms with Crippen molar-refractivity contribution in [3.05, 3.63) is 71.9 Å². The van der Waals surface area contributed by atoms with Crippen LogP contribution in [0, 0.1) is 5.82 Å². The SMILES string of the molecule is CN(C)c1cc([C@@H]2CCCN(C(=O)Cc3ccccc3F)C2)nc(-c2ccncc2)n1. The largest absolute Gasteiger partial charge is 0.363 e. The summed E-state index contributed by atoms with van der Waals surface area (Å²) in [5.41, 5.74) is 2.27. The Morgan fingerprint density at radius 1 is 1.16 bits per heavy atom. The lowest BCUT2D eigenvalue weighted by Crippen LogP contribution is -2.40. The highest BCUT2D eigenvalue weighted by atomic mass is 19.1. The number of hydrogen-bond donors (Lipinski definition) is 0. The van der Waals surface area contributed by atoms with Crippen LogP contribution in [0.5, 0.6) is 0 Å². The van der Waals surface area contributed by atoms with Crippen molar-refractivity contribution in [3.63, 3.8) is 0 Å². The topological polar surface area (TPSA) is 62.2 Å². The van der Waals surface area contributed by atoms with Crippen molar-refractivity contribution in [2.75, 3.05) is 32.1 Å². The van der Waals surface area contributed by atoms with E-state index < -0.39 is 0 Å². The molecule has 0 bridgehead atoms. The van der Waals surface area contributed by atoms with Crippen molar-refractivity contribution >= 4 is 11.7 Å². The minimum atomic E-state index is -0.335. The Morgan fingerprint density at radius 3 is 2.68 bits per heavy atom. The van der Waals surface area contributed by atoms with Crippen molar-refractivity contribution < 1.29 is 9.18 Å². The number of anilines is 1. The lowest BCUT2D eigenvalue weighted by molar-refractivity contribution is -0.131. The van der Waals surface area contributed by atoms with Gasteiger partial charge in [0.15, 0.2) is 5.82 Å². The summed E-state index contributed by atoms with van der Waals surface area (Å²) < 4.78 is 14.0. The second-order valence-corrected chi connectivity index (χ2v) is 8.05. The molecule has 3 aromatic rings. The number of likely N-dealkylation sites (tertiary alicyclic amines) is 1. The molecule has 1 aromatic carbocycles. The summed E-state index contributed by atoms with van der Waals surface area (Å²) in [6.45, 7) is 1.26. The van der Waals surface area contributed by atoms with Crippen LogP contribution in [0.15, 0.2) is 54.9 Å². The van der Waals surface area contributed by atoms with E-state index in [1.165, 1.54) is 6.07 Å². The van der Waals surface area contributed by atoms with Crippen LogP contribution in [0.2, 0.25) is 0 Å². The number of carbonyl (C=O) groups excluding carboxylic acids is 1. The van der Waals surface area contributed by atoms with Crippen molar-refractivity contribution in [2.45, 2.75) is 25.2 Å². The number of carbonyl (C=O) groups is 1. The van der Waals surface area contributed by atoms with E-state index >= 15 is 0 Å². The predicted molar refractivity (Wildman–Crippen MR) is 118 cm³/mol. The van der Waals surface area contributed by atoms with Gasteiger partial charge in [0, 0.05) is 57.1 Å². The van der Waals surface area contributed by atoms with Gasteiger partial charge in [-0.2, -0.15) is 0 Å². The van der Waals surface area contributed by atoms with Crippen molar-refractivity contribution in [3.8, 4) is 11.4 Å². The fourth-order valence-electron chi connectivity index (χ4n) is 3.88. The molecule has 31 heavy (non-hydrogen) atoms. The number of aromatic nitrogens is 3. The van der Waals surface area contributed by atoms with E-state index in [1.54, 1.807) is 30.6 Å². The zero-order valence-corrected chi connectivity index (χ0v) is 17.8. The predicted octanol–water partition coefficient (Wildman–Crippen LogP) is 3.69. The Bertz CT molecular complexity index is 1060. The van der Waals surface area contributed by atoms with Crippen LogP contribution in [-0.2, 0) is 11.2 Å². The zero-order chi connectivity index (χ0) is 21.8. The van der Waals surface area contributed by atoms with Gasteiger partial charge in [-0.15, -0.1) is 0 Å². The van der Waals surface area contributed by atoms with E-state index in [4.69, 9.17) is 4.98 Å². The highest BCUT2D eigenvalue weighted by Crippen LogP contribution is 2.29. The van der Waals surface area contributed by atoms with E-state index in [0.29, 0.717) is 24.5 Å². The minimum absolute atomic E-state index is 0.0500. The van der Waals surface area contributed by atoms with Gasteiger partial charge in [-0.1, -0.05) is 18.2 Å². The fraction of sp³-hybridized carbons (Fsp3) is 0.333. The molecule has 1 saturated heterocycles. The van der Waals surface area contributed by atoms with Crippen LogP contribution in [0.25, 0.3) is 11.4 Å². The van der Waals surface area contributed by atoms with Gasteiger partial charge in [-0.05, 0) is 36.6 Å². The summed E-state index contributed by atoms with van der Waals surface area (Å²) in [6, 6.07) is 12.2. The first kappa shape index (κ1) is 20.9. The summed E-state index contributed by atoms with van der Waals surface area (Å²) in [5, 5.41) is 0. The molecule has 3 heterocycles. The highest BCUT2D eigenvalue weighted by molar-refractivity contribution is 5.79. The molecule has 0 radical (unpaired) electrons. The molecule has 1 fully saturated rings. The molecule has 1 atom stereocenters. The average Bonchev–Trinajstić information content (AvgIpc) is 2.81. The first-order valence-electron chi connectivity index (χ1n) is 10.5. The molecule has 6 nitrogen and oxygen atoms in total. The molecule has 0 unspecified atom stereocenters. The lowest BCUT2D eigenvalue weighted by atomic mass is 9.93. The third-order valence-electron chi connectivity index (χ3n) is 5.62. The van der Waals surface area contributed by atoms with E-state index in [1.807, 2.05) is 42.1 Å². The minimum Gasteiger partial charge on any atom is -0.363 e. The highest BCUT2D eigenvalue weighted by Gasteiger charge is 2.27. The lowest BCUT2D eigenvalue weighted by Gasteiger charge is -2.33. The smallest absolute Gasteiger partial charge is 0.227 e. The summed E-state index contributed by atoms with van der Waals surface area (Å²) in [6.07, 6.45) is 5.37. The molecule has 0 spiro atoms. The summed E-state index contributed by atoms with van der Waals surface area (Å²) in [7, 11) is 3.90. The van der Waals surface area contributed by atoms with Gasteiger partial charge in [-0.3, -0.25) is 9.78 Å². The van der Waals surface area contributed by atoms with Gasteiger partial charge in [0.1, 0.15) is 11.6 Å². The molecule has 2 aromatic heterocycles. The molecule has 0 aliphatic carbocycles. The molecule has 7 heteroatoms. The number of nitrogens with zero attached hydrogens (tertiary/aromatic N) is 5. The average molecular weight is 420 g/mol. The Kier molecular flexibility index (Phi) is 6.21. The van der Waals surface area contributed by atoms with Crippen LogP contribution < -0.4 is 4.90 Å². The number of benzene rings is 1. The zero-order valence-electron chi connectivity index (χ0n) is 17.8. The van der Waals surface area contributed by atoms with Gasteiger partial charge in [0.25, 0.3) is 0 Å². The monoisotopic (exact) mass is 419 g/mol. The normalized spacial score (nSPS) is 16.2. The molecule has 4 rings (SSSR count). The fourth-order valence-corrected chi connectivity index (χ4v) is 3.88. The Morgan fingerprint density at radius 2 is 1.94 bits per heavy atom. The number of amides is 1. The van der Waals surface area contributed by atoms with E-state index in [9.17, 15) is 9.18 Å². The van der Waals surface area contributed by atoms with E-state index in [-0.39, 0.29) is 24.1 Å². The first-order chi connectivity index (χ1) is 15.0. The Balaban J connectivity index is 1.57. The Labute approximate surface area is 181 Å². The maximum atomic E-state index is 14.0. The van der Waals surface area contributed by atoms with Crippen LogP contribution in [-0.4, -0.2) is 52.9 Å². The van der Waals surface area contributed by atoms with E-state index in [2.05, 4.69) is 9.97 Å². The first-order valence-corrected chi connectivity index (χ1v) is 10.5. The molecular weight excluding hydrogens is 393 g/mol. The number of halogens is 1. The van der Waals surface area contributed by atoms with Gasteiger partial charge in [0.2, 0.25) is 5.91 Å². The maximum Gasteiger partial charge on any atom is 0.227 e. The molecule has 1 amide bonds. The molecule has 160 valence electrons. The summed E-state index contributed by atoms with van der Waals surface area (Å²) >= 11 is 0. The third-order valence-corrected chi connectivity index (χ3v) is 5.62. The van der Waals surface area contributed by atoms with Gasteiger partial charge in [0.05, 0.1) is 12.1 Å². The number of pyridine rings is 1. The standard InChI is InChI=1S/C24H26FN5O/c1-29(2)22-15-21(27-24(28-22)17-9-11-26-12-10-17)19-7-5-13-30(16-19)23(31)14-18-6-3-4-8-20(18)25/h3-4,6,8-12,15,19H,5,7,13-14,16H2,1-2H3/t19-/m1/s1. The van der Waals surface area contributed by atoms with Crippen LogP contribution in [0.3, 0.4) is 0 Å². The van der Waals surface area contributed by atoms with Gasteiger partial charge in [-0.25, -0.2) is 14.4 Å². The molecule has 1 aliphatic heterocycles. The van der Waals surface area contributed by atoms with Crippen molar-refractivity contribution in [2.24, 2.45) is 0 Å². The summed E-state index contributed by atoms with van der Waals surface area (Å²) in [4.78, 5) is 30.3. The van der Waals surface area contributed by atoms with Gasteiger partial charge >= 0.3 is 0 Å². The van der Waals surface area contributed by atoms with Crippen molar-refractivity contribution in [1.82, 2.24) is 19.9 Å². The molecule has 0 saturated carbocycles. The van der Waals surface area contributed by atoms with Crippen molar-refractivity contribution in [1.29, 1.82) is 0 Å². The molecule has 1 aliphatic rings. The number of piperidine rings is 1. The number of hydrogen-bond acceptors (Lipinski definition) is 5. The van der Waals surface area contributed by atoms with Crippen LogP contribution in [0.1, 0.15) is 30.0 Å². The summed E-state index contributed by atoms with van der Waals surface area (Å²) in [5.74, 6) is 1.20. The second-order valence-electron chi connectivity index (χ2n) is 8.05.